The lowest BCUT2D eigenvalue weighted by Gasteiger charge is -2.29. The zero-order chi connectivity index (χ0) is 13.7. The first-order valence-corrected chi connectivity index (χ1v) is 6.44. The maximum Gasteiger partial charge on any atom is 0.303 e. The number of nitrogens with zero attached hydrogens (tertiary/aromatic N) is 1. The molecule has 1 aromatic carbocycles. The van der Waals surface area contributed by atoms with E-state index in [4.69, 9.17) is 14.6 Å². The van der Waals surface area contributed by atoms with Crippen molar-refractivity contribution < 1.29 is 19.4 Å². The van der Waals surface area contributed by atoms with E-state index < -0.39 is 5.97 Å². The quantitative estimate of drug-likeness (QED) is 0.847. The number of benzene rings is 1. The fourth-order valence-corrected chi connectivity index (χ4v) is 2.09. The number of carboxylic acid groups (broad SMARTS) is 1. The van der Waals surface area contributed by atoms with Crippen LogP contribution in [0.15, 0.2) is 24.3 Å². The summed E-state index contributed by atoms with van der Waals surface area (Å²) in [4.78, 5) is 12.5. The topological polar surface area (TPSA) is 59.0 Å². The molecule has 1 N–H and O–H groups in total. The van der Waals surface area contributed by atoms with Crippen molar-refractivity contribution in [3.05, 3.63) is 24.3 Å². The van der Waals surface area contributed by atoms with E-state index in [2.05, 4.69) is 4.90 Å². The molecule has 0 saturated heterocycles. The van der Waals surface area contributed by atoms with Crippen molar-refractivity contribution in [1.82, 2.24) is 4.90 Å². The van der Waals surface area contributed by atoms with Crippen LogP contribution in [-0.4, -0.2) is 48.8 Å². The Hall–Kier alpha value is -1.75. The molecule has 5 nitrogen and oxygen atoms in total. The number of aliphatic carboxylic acids is 1. The third-order valence-corrected chi connectivity index (χ3v) is 3.01. The molecule has 1 heterocycles. The zero-order valence-corrected chi connectivity index (χ0v) is 11.0. The summed E-state index contributed by atoms with van der Waals surface area (Å²) in [7, 11) is 1.96. The van der Waals surface area contributed by atoms with Crippen LogP contribution >= 0.6 is 0 Å². The van der Waals surface area contributed by atoms with Gasteiger partial charge in [-0.15, -0.1) is 0 Å². The van der Waals surface area contributed by atoms with Crippen LogP contribution in [0.1, 0.15) is 12.8 Å². The SMILES string of the molecule is CN(CCCC(=O)O)C[C@@H]1COc2ccccc2O1. The van der Waals surface area contributed by atoms with Gasteiger partial charge in [-0.1, -0.05) is 12.1 Å². The average Bonchev–Trinajstić information content (AvgIpc) is 2.38. The molecule has 0 unspecified atom stereocenters. The largest absolute Gasteiger partial charge is 0.486 e. The highest BCUT2D eigenvalue weighted by Gasteiger charge is 2.21. The van der Waals surface area contributed by atoms with Crippen LogP contribution in [-0.2, 0) is 4.79 Å². The summed E-state index contributed by atoms with van der Waals surface area (Å²) in [6.07, 6.45) is 0.843. The summed E-state index contributed by atoms with van der Waals surface area (Å²) < 4.78 is 11.5. The molecule has 0 saturated carbocycles. The molecule has 0 spiro atoms. The first-order chi connectivity index (χ1) is 9.15. The fourth-order valence-electron chi connectivity index (χ4n) is 2.09. The third kappa shape index (κ3) is 4.13. The molecule has 1 aliphatic heterocycles. The molecule has 1 aliphatic rings. The van der Waals surface area contributed by atoms with Gasteiger partial charge in [0.05, 0.1) is 0 Å². The highest BCUT2D eigenvalue weighted by molar-refractivity contribution is 5.66. The molecule has 19 heavy (non-hydrogen) atoms. The minimum atomic E-state index is -0.750. The number of hydrogen-bond acceptors (Lipinski definition) is 4. The molecule has 0 bridgehead atoms. The monoisotopic (exact) mass is 265 g/mol. The van der Waals surface area contributed by atoms with E-state index in [-0.39, 0.29) is 12.5 Å². The van der Waals surface area contributed by atoms with Crippen LogP contribution in [0.2, 0.25) is 0 Å². The van der Waals surface area contributed by atoms with Crippen LogP contribution in [0.3, 0.4) is 0 Å². The van der Waals surface area contributed by atoms with Gasteiger partial charge >= 0.3 is 5.97 Å². The summed E-state index contributed by atoms with van der Waals surface area (Å²) in [5.74, 6) is 0.810. The molecular formula is C14H19NO4. The van der Waals surface area contributed by atoms with Crippen molar-refractivity contribution in [3.8, 4) is 11.5 Å². The summed E-state index contributed by atoms with van der Waals surface area (Å²) in [6, 6.07) is 7.62. The van der Waals surface area contributed by atoms with Crippen molar-refractivity contribution in [1.29, 1.82) is 0 Å². The van der Waals surface area contributed by atoms with E-state index >= 15 is 0 Å². The summed E-state index contributed by atoms with van der Waals surface area (Å²) in [5.41, 5.74) is 0. The van der Waals surface area contributed by atoms with Crippen LogP contribution < -0.4 is 9.47 Å². The molecule has 2 rings (SSSR count). The van der Waals surface area contributed by atoms with E-state index in [1.165, 1.54) is 0 Å². The van der Waals surface area contributed by atoms with Gasteiger partial charge in [0, 0.05) is 13.0 Å². The van der Waals surface area contributed by atoms with E-state index in [1.54, 1.807) is 0 Å². The normalized spacial score (nSPS) is 17.5. The molecular weight excluding hydrogens is 246 g/mol. The maximum absolute atomic E-state index is 10.4. The Labute approximate surface area is 112 Å². The van der Waals surface area contributed by atoms with Gasteiger partial charge in [0.15, 0.2) is 11.5 Å². The second-order valence-corrected chi connectivity index (χ2v) is 4.76. The van der Waals surface area contributed by atoms with E-state index in [0.717, 1.165) is 24.6 Å². The Bertz CT molecular complexity index is 435. The summed E-state index contributed by atoms with van der Waals surface area (Å²) in [5, 5.41) is 8.59. The Balaban J connectivity index is 1.77. The average molecular weight is 265 g/mol. The molecule has 0 radical (unpaired) electrons. The van der Waals surface area contributed by atoms with Gasteiger partial charge in [-0.25, -0.2) is 0 Å². The smallest absolute Gasteiger partial charge is 0.303 e. The lowest BCUT2D eigenvalue weighted by molar-refractivity contribution is -0.137. The maximum atomic E-state index is 10.4. The lowest BCUT2D eigenvalue weighted by atomic mass is 10.2. The fraction of sp³-hybridized carbons (Fsp3) is 0.500. The van der Waals surface area contributed by atoms with Gasteiger partial charge in [0.1, 0.15) is 12.7 Å². The highest BCUT2D eigenvalue weighted by atomic mass is 16.6. The molecule has 0 aromatic heterocycles. The van der Waals surface area contributed by atoms with Crippen LogP contribution in [0.5, 0.6) is 11.5 Å². The summed E-state index contributed by atoms with van der Waals surface area (Å²) >= 11 is 0. The van der Waals surface area contributed by atoms with Gasteiger partial charge in [-0.3, -0.25) is 4.79 Å². The Morgan fingerprint density at radius 3 is 2.89 bits per heavy atom. The number of likely N-dealkylation sites (N-methyl/N-ethyl adjacent to an activating group) is 1. The number of rotatable bonds is 6. The van der Waals surface area contributed by atoms with E-state index in [9.17, 15) is 4.79 Å². The van der Waals surface area contributed by atoms with Gasteiger partial charge in [0.2, 0.25) is 0 Å². The van der Waals surface area contributed by atoms with Crippen molar-refractivity contribution in [2.75, 3.05) is 26.7 Å². The van der Waals surface area contributed by atoms with Crippen molar-refractivity contribution in [2.45, 2.75) is 18.9 Å². The number of fused-ring (bicyclic) bond motifs is 1. The Kier molecular flexibility index (Phi) is 4.63. The van der Waals surface area contributed by atoms with Crippen LogP contribution in [0, 0.1) is 0 Å². The predicted octanol–water partition coefficient (Wildman–Crippen LogP) is 1.62. The molecule has 0 aliphatic carbocycles. The first kappa shape index (κ1) is 13.7. The van der Waals surface area contributed by atoms with Gasteiger partial charge in [-0.2, -0.15) is 0 Å². The van der Waals surface area contributed by atoms with Gasteiger partial charge in [-0.05, 0) is 32.1 Å². The highest BCUT2D eigenvalue weighted by Crippen LogP contribution is 2.30. The van der Waals surface area contributed by atoms with E-state index in [0.29, 0.717) is 13.0 Å². The molecule has 1 atom stereocenters. The number of carboxylic acids is 1. The minimum Gasteiger partial charge on any atom is -0.486 e. The van der Waals surface area contributed by atoms with Gasteiger partial charge in [0.25, 0.3) is 0 Å². The lowest BCUT2D eigenvalue weighted by Crippen LogP contribution is -2.39. The van der Waals surface area contributed by atoms with E-state index in [1.807, 2.05) is 31.3 Å². The molecule has 1 aromatic rings. The third-order valence-electron chi connectivity index (χ3n) is 3.01. The minimum absolute atomic E-state index is 0.00951. The predicted molar refractivity (Wildman–Crippen MR) is 70.7 cm³/mol. The van der Waals surface area contributed by atoms with Gasteiger partial charge < -0.3 is 19.5 Å². The number of hydrogen-bond donors (Lipinski definition) is 1. The van der Waals surface area contributed by atoms with Crippen LogP contribution in [0.4, 0.5) is 0 Å². The molecule has 0 fully saturated rings. The Morgan fingerprint density at radius 2 is 2.16 bits per heavy atom. The summed E-state index contributed by atoms with van der Waals surface area (Å²) in [6.45, 7) is 2.00. The number of para-hydroxylation sites is 2. The molecule has 104 valence electrons. The molecule has 0 amide bonds. The van der Waals surface area contributed by atoms with Crippen molar-refractivity contribution in [3.63, 3.8) is 0 Å². The zero-order valence-electron chi connectivity index (χ0n) is 11.0. The first-order valence-electron chi connectivity index (χ1n) is 6.44. The second kappa shape index (κ2) is 6.43. The van der Waals surface area contributed by atoms with Crippen molar-refractivity contribution >= 4 is 5.97 Å². The van der Waals surface area contributed by atoms with Crippen molar-refractivity contribution in [2.24, 2.45) is 0 Å². The standard InChI is InChI=1S/C14H19NO4/c1-15(8-4-7-14(16)17)9-11-10-18-12-5-2-3-6-13(12)19-11/h2-3,5-6,11H,4,7-10H2,1H3,(H,16,17)/t11-/m1/s1. The number of carbonyl (C=O) groups is 1. The molecule has 5 heteroatoms. The van der Waals surface area contributed by atoms with Crippen LogP contribution in [0.25, 0.3) is 0 Å². The number of ether oxygens (including phenoxy) is 2. The Morgan fingerprint density at radius 1 is 1.42 bits per heavy atom. The second-order valence-electron chi connectivity index (χ2n) is 4.76.